The topological polar surface area (TPSA) is 61.9 Å². The van der Waals surface area contributed by atoms with Crippen LogP contribution in [0.5, 0.6) is 0 Å². The van der Waals surface area contributed by atoms with Crippen molar-refractivity contribution in [3.05, 3.63) is 74.6 Å². The summed E-state index contributed by atoms with van der Waals surface area (Å²) in [6.45, 7) is 6.20. The Morgan fingerprint density at radius 1 is 1.03 bits per heavy atom. The molecule has 1 fully saturated rings. The third kappa shape index (κ3) is 6.42. The van der Waals surface area contributed by atoms with Crippen LogP contribution < -0.4 is 5.32 Å². The molecule has 1 aliphatic heterocycles. The van der Waals surface area contributed by atoms with Gasteiger partial charge in [-0.05, 0) is 30.2 Å². The molecule has 1 saturated heterocycles. The largest absolute Gasteiger partial charge is 0.465 e. The fraction of sp³-hybridized carbons (Fsp3) is 0.308. The maximum Gasteiger partial charge on any atom is 0.341 e. The van der Waals surface area contributed by atoms with Crippen molar-refractivity contribution in [1.82, 2.24) is 9.80 Å². The lowest BCUT2D eigenvalue weighted by Crippen LogP contribution is -2.48. The summed E-state index contributed by atoms with van der Waals surface area (Å²) in [6, 6.07) is 13.5. The van der Waals surface area contributed by atoms with E-state index in [4.69, 9.17) is 27.9 Å². The Kier molecular flexibility index (Phi) is 8.46. The molecule has 1 amide bonds. The average molecular weight is 532 g/mol. The number of hydrogen-bond donors (Lipinski definition) is 1. The minimum absolute atomic E-state index is 0.151. The summed E-state index contributed by atoms with van der Waals surface area (Å²) in [5, 5.41) is 6.62. The Bertz CT molecular complexity index is 1210. The van der Waals surface area contributed by atoms with Crippen molar-refractivity contribution < 1.29 is 14.3 Å². The fourth-order valence-corrected chi connectivity index (χ4v) is 5.51. The highest BCUT2D eigenvalue weighted by molar-refractivity contribution is 7.15. The van der Waals surface area contributed by atoms with E-state index in [1.54, 1.807) is 6.07 Å². The molecule has 184 valence electrons. The van der Waals surface area contributed by atoms with Gasteiger partial charge in [0.2, 0.25) is 5.91 Å². The van der Waals surface area contributed by atoms with Crippen molar-refractivity contribution in [2.45, 2.75) is 13.5 Å². The summed E-state index contributed by atoms with van der Waals surface area (Å²) in [7, 11) is 1.35. The van der Waals surface area contributed by atoms with Crippen LogP contribution in [0, 0.1) is 6.92 Å². The summed E-state index contributed by atoms with van der Waals surface area (Å²) in [4.78, 5) is 29.8. The molecule has 3 aromatic rings. The van der Waals surface area contributed by atoms with E-state index in [9.17, 15) is 9.59 Å². The lowest BCUT2D eigenvalue weighted by atomic mass is 10.0. The number of nitrogens with zero attached hydrogens (tertiary/aromatic N) is 2. The van der Waals surface area contributed by atoms with Gasteiger partial charge in [0.15, 0.2) is 0 Å². The van der Waals surface area contributed by atoms with E-state index < -0.39 is 5.97 Å². The van der Waals surface area contributed by atoms with Crippen molar-refractivity contribution in [3.8, 4) is 11.1 Å². The molecule has 4 rings (SSSR count). The molecule has 0 atom stereocenters. The second-order valence-corrected chi connectivity index (χ2v) is 10.3. The molecule has 0 radical (unpaired) electrons. The number of anilines is 1. The van der Waals surface area contributed by atoms with Crippen LogP contribution in [0.25, 0.3) is 11.1 Å². The first kappa shape index (κ1) is 25.7. The van der Waals surface area contributed by atoms with Crippen LogP contribution in [-0.2, 0) is 16.1 Å². The van der Waals surface area contributed by atoms with Crippen LogP contribution in [-0.4, -0.2) is 61.5 Å². The highest BCUT2D eigenvalue weighted by Crippen LogP contribution is 2.36. The van der Waals surface area contributed by atoms with Gasteiger partial charge in [-0.25, -0.2) is 4.79 Å². The molecule has 2 aromatic carbocycles. The lowest BCUT2D eigenvalue weighted by molar-refractivity contribution is -0.117. The first-order chi connectivity index (χ1) is 16.8. The fourth-order valence-electron chi connectivity index (χ4n) is 4.07. The molecule has 35 heavy (non-hydrogen) atoms. The molecule has 0 unspecified atom stereocenters. The monoisotopic (exact) mass is 531 g/mol. The number of carbonyl (C=O) groups excluding carboxylic acids is 2. The minimum atomic E-state index is -0.466. The van der Waals surface area contributed by atoms with Gasteiger partial charge in [0.1, 0.15) is 10.6 Å². The number of thiophene rings is 1. The number of piperazine rings is 1. The van der Waals surface area contributed by atoms with E-state index in [0.29, 0.717) is 20.6 Å². The number of amides is 1. The number of nitrogens with one attached hydrogen (secondary N) is 1. The van der Waals surface area contributed by atoms with Gasteiger partial charge in [-0.2, -0.15) is 0 Å². The third-order valence-corrected chi connectivity index (χ3v) is 7.52. The van der Waals surface area contributed by atoms with E-state index in [0.717, 1.165) is 55.0 Å². The molecule has 0 bridgehead atoms. The molecule has 0 aliphatic carbocycles. The third-order valence-electron chi connectivity index (χ3n) is 6.04. The predicted octanol–water partition coefficient (Wildman–Crippen LogP) is 5.57. The summed E-state index contributed by atoms with van der Waals surface area (Å²) in [6.07, 6.45) is 0. The zero-order valence-electron chi connectivity index (χ0n) is 19.6. The highest BCUT2D eigenvalue weighted by Gasteiger charge is 2.24. The summed E-state index contributed by atoms with van der Waals surface area (Å²) >= 11 is 13.6. The van der Waals surface area contributed by atoms with Gasteiger partial charge in [-0.1, -0.05) is 59.1 Å². The Balaban J connectivity index is 1.36. The molecular weight excluding hydrogens is 505 g/mol. The van der Waals surface area contributed by atoms with Gasteiger partial charge in [0.05, 0.1) is 13.7 Å². The molecule has 1 aromatic heterocycles. The lowest BCUT2D eigenvalue weighted by Gasteiger charge is -2.34. The SMILES string of the molecule is COC(=O)c1c(-c2ccc(C)cc2)csc1NC(=O)CN1CCN(Cc2ccc(Cl)cc2Cl)CC1. The maximum absolute atomic E-state index is 12.8. The van der Waals surface area contributed by atoms with Gasteiger partial charge < -0.3 is 10.1 Å². The zero-order valence-corrected chi connectivity index (χ0v) is 22.0. The number of benzene rings is 2. The minimum Gasteiger partial charge on any atom is -0.465 e. The molecule has 9 heteroatoms. The van der Waals surface area contributed by atoms with E-state index in [-0.39, 0.29) is 12.5 Å². The molecular formula is C26H27Cl2N3O3S. The van der Waals surface area contributed by atoms with Gasteiger partial charge in [0.25, 0.3) is 0 Å². The van der Waals surface area contributed by atoms with E-state index in [2.05, 4.69) is 15.1 Å². The van der Waals surface area contributed by atoms with E-state index in [1.165, 1.54) is 18.4 Å². The van der Waals surface area contributed by atoms with Gasteiger partial charge in [-0.15, -0.1) is 11.3 Å². The van der Waals surface area contributed by atoms with E-state index >= 15 is 0 Å². The molecule has 1 N–H and O–H groups in total. The number of methoxy groups -OCH3 is 1. The second-order valence-electron chi connectivity index (χ2n) is 8.55. The maximum atomic E-state index is 12.8. The first-order valence-corrected chi connectivity index (χ1v) is 12.9. The Morgan fingerprint density at radius 2 is 1.71 bits per heavy atom. The van der Waals surface area contributed by atoms with Crippen LogP contribution in [0.4, 0.5) is 5.00 Å². The summed E-state index contributed by atoms with van der Waals surface area (Å²) < 4.78 is 5.01. The Morgan fingerprint density at radius 3 is 2.37 bits per heavy atom. The number of esters is 1. The molecule has 6 nitrogen and oxygen atoms in total. The van der Waals surface area contributed by atoms with Crippen molar-refractivity contribution in [2.75, 3.05) is 45.2 Å². The number of carbonyl (C=O) groups is 2. The van der Waals surface area contributed by atoms with Crippen molar-refractivity contribution >= 4 is 51.4 Å². The number of halogens is 2. The predicted molar refractivity (Wildman–Crippen MR) is 143 cm³/mol. The number of rotatable bonds is 7. The summed E-state index contributed by atoms with van der Waals surface area (Å²) in [5.74, 6) is -0.617. The van der Waals surface area contributed by atoms with Crippen LogP contribution in [0.3, 0.4) is 0 Å². The first-order valence-electron chi connectivity index (χ1n) is 11.3. The average Bonchev–Trinajstić information content (AvgIpc) is 3.25. The van der Waals surface area contributed by atoms with Crippen molar-refractivity contribution in [1.29, 1.82) is 0 Å². The second kappa shape index (κ2) is 11.5. The van der Waals surface area contributed by atoms with Crippen LogP contribution >= 0.6 is 34.5 Å². The van der Waals surface area contributed by atoms with Gasteiger partial charge in [-0.3, -0.25) is 14.6 Å². The van der Waals surface area contributed by atoms with Crippen molar-refractivity contribution in [2.24, 2.45) is 0 Å². The van der Waals surface area contributed by atoms with Crippen molar-refractivity contribution in [3.63, 3.8) is 0 Å². The molecule has 0 spiro atoms. The quantitative estimate of drug-likeness (QED) is 0.403. The number of hydrogen-bond acceptors (Lipinski definition) is 6. The Hall–Kier alpha value is -2.42. The number of aryl methyl sites for hydroxylation is 1. The summed E-state index contributed by atoms with van der Waals surface area (Å²) in [5.41, 5.74) is 4.23. The number of ether oxygens (including phenoxy) is 1. The van der Waals surface area contributed by atoms with Gasteiger partial charge in [0, 0.05) is 53.7 Å². The highest BCUT2D eigenvalue weighted by atomic mass is 35.5. The smallest absolute Gasteiger partial charge is 0.341 e. The standard InChI is InChI=1S/C26H27Cl2N3O3S/c1-17-3-5-18(6-4-17)21-16-35-25(24(21)26(33)34-2)29-23(32)15-31-11-9-30(10-12-31)14-19-7-8-20(27)13-22(19)28/h3-8,13,16H,9-12,14-15H2,1-2H3,(H,29,32). The van der Waals surface area contributed by atoms with Crippen LogP contribution in [0.15, 0.2) is 47.8 Å². The normalized spacial score (nSPS) is 14.6. The zero-order chi connectivity index (χ0) is 24.9. The molecule has 2 heterocycles. The Labute approximate surface area is 219 Å². The van der Waals surface area contributed by atoms with Gasteiger partial charge >= 0.3 is 5.97 Å². The van der Waals surface area contributed by atoms with Crippen LogP contribution in [0.1, 0.15) is 21.5 Å². The van der Waals surface area contributed by atoms with Crippen LogP contribution in [0.2, 0.25) is 10.0 Å². The molecule has 0 saturated carbocycles. The van der Waals surface area contributed by atoms with E-state index in [1.807, 2.05) is 48.7 Å². The molecule has 1 aliphatic rings.